The van der Waals surface area contributed by atoms with E-state index in [4.69, 9.17) is 4.74 Å². The molecule has 1 fully saturated rings. The van der Waals surface area contributed by atoms with E-state index in [1.165, 1.54) is 36.8 Å². The molecule has 0 spiro atoms. The lowest BCUT2D eigenvalue weighted by atomic mass is 10.1. The zero-order valence-corrected chi connectivity index (χ0v) is 13.5. The van der Waals surface area contributed by atoms with E-state index >= 15 is 0 Å². The van der Waals surface area contributed by atoms with Gasteiger partial charge in [0.1, 0.15) is 5.75 Å². The lowest BCUT2D eigenvalue weighted by Crippen LogP contribution is -2.36. The van der Waals surface area contributed by atoms with Crippen molar-refractivity contribution in [3.8, 4) is 5.75 Å². The van der Waals surface area contributed by atoms with Crippen LogP contribution in [0.2, 0.25) is 0 Å². The molecule has 0 amide bonds. The predicted octanol–water partition coefficient (Wildman–Crippen LogP) is 3.31. The predicted molar refractivity (Wildman–Crippen MR) is 86.9 cm³/mol. The number of aliphatic hydroxyl groups is 1. The summed E-state index contributed by atoms with van der Waals surface area (Å²) < 4.78 is 5.87. The van der Waals surface area contributed by atoms with Crippen molar-refractivity contribution in [3.63, 3.8) is 0 Å². The number of ether oxygens (including phenoxy) is 1. The van der Waals surface area contributed by atoms with Crippen LogP contribution in [0.5, 0.6) is 5.75 Å². The highest BCUT2D eigenvalue weighted by Crippen LogP contribution is 2.23. The van der Waals surface area contributed by atoms with Crippen molar-refractivity contribution >= 4 is 0 Å². The van der Waals surface area contributed by atoms with Crippen LogP contribution in [-0.2, 0) is 0 Å². The summed E-state index contributed by atoms with van der Waals surface area (Å²) in [4.78, 5) is 2.44. The van der Waals surface area contributed by atoms with Crippen molar-refractivity contribution in [3.05, 3.63) is 29.3 Å². The molecule has 3 heteroatoms. The van der Waals surface area contributed by atoms with Crippen molar-refractivity contribution in [1.82, 2.24) is 4.90 Å². The fraction of sp³-hybridized carbons (Fsp3) is 0.667. The number of aryl methyl sites for hydroxylation is 2. The third-order valence-electron chi connectivity index (χ3n) is 4.28. The van der Waals surface area contributed by atoms with E-state index in [1.54, 1.807) is 0 Å². The first-order chi connectivity index (χ1) is 10.2. The van der Waals surface area contributed by atoms with Crippen LogP contribution in [0.25, 0.3) is 0 Å². The van der Waals surface area contributed by atoms with Crippen LogP contribution in [0.15, 0.2) is 18.2 Å². The van der Waals surface area contributed by atoms with Crippen LogP contribution in [0.1, 0.15) is 43.2 Å². The van der Waals surface area contributed by atoms with Gasteiger partial charge in [-0.25, -0.2) is 0 Å². The van der Waals surface area contributed by atoms with Gasteiger partial charge in [0.25, 0.3) is 0 Å². The molecule has 0 heterocycles. The SMILES string of the molecule is Cc1cc(C)cc(OCCCN(CCO)C2CCCC2)c1. The van der Waals surface area contributed by atoms with Gasteiger partial charge >= 0.3 is 0 Å². The Morgan fingerprint density at radius 2 is 1.76 bits per heavy atom. The first kappa shape index (κ1) is 16.3. The third-order valence-corrected chi connectivity index (χ3v) is 4.28. The summed E-state index contributed by atoms with van der Waals surface area (Å²) in [5.41, 5.74) is 2.50. The highest BCUT2D eigenvalue weighted by Gasteiger charge is 2.21. The Hall–Kier alpha value is -1.06. The molecule has 2 rings (SSSR count). The lowest BCUT2D eigenvalue weighted by Gasteiger charge is -2.28. The van der Waals surface area contributed by atoms with E-state index in [0.29, 0.717) is 6.04 Å². The minimum Gasteiger partial charge on any atom is -0.494 e. The summed E-state index contributed by atoms with van der Waals surface area (Å²) in [5, 5.41) is 9.22. The first-order valence-electron chi connectivity index (χ1n) is 8.25. The minimum atomic E-state index is 0.258. The number of benzene rings is 1. The summed E-state index contributed by atoms with van der Waals surface area (Å²) in [6.45, 7) is 7.03. The molecule has 0 unspecified atom stereocenters. The monoisotopic (exact) mass is 291 g/mol. The van der Waals surface area contributed by atoms with E-state index in [0.717, 1.165) is 31.9 Å². The highest BCUT2D eigenvalue weighted by atomic mass is 16.5. The van der Waals surface area contributed by atoms with Crippen LogP contribution in [0.4, 0.5) is 0 Å². The van der Waals surface area contributed by atoms with Gasteiger partial charge in [-0.2, -0.15) is 0 Å². The number of aliphatic hydroxyl groups excluding tert-OH is 1. The zero-order chi connectivity index (χ0) is 15.1. The molecule has 1 N–H and O–H groups in total. The van der Waals surface area contributed by atoms with Gasteiger partial charge in [0, 0.05) is 19.1 Å². The van der Waals surface area contributed by atoms with E-state index in [9.17, 15) is 5.11 Å². The Morgan fingerprint density at radius 1 is 1.10 bits per heavy atom. The van der Waals surface area contributed by atoms with Crippen LogP contribution < -0.4 is 4.74 Å². The maximum Gasteiger partial charge on any atom is 0.119 e. The Kier molecular flexibility index (Phi) is 6.52. The molecule has 1 aliphatic carbocycles. The average Bonchev–Trinajstić information content (AvgIpc) is 2.95. The van der Waals surface area contributed by atoms with Gasteiger partial charge in [0.2, 0.25) is 0 Å². The van der Waals surface area contributed by atoms with Gasteiger partial charge in [-0.15, -0.1) is 0 Å². The van der Waals surface area contributed by atoms with Gasteiger partial charge in [-0.3, -0.25) is 4.90 Å². The average molecular weight is 291 g/mol. The maximum atomic E-state index is 9.22. The largest absolute Gasteiger partial charge is 0.494 e. The molecule has 0 bridgehead atoms. The molecule has 1 aliphatic rings. The van der Waals surface area contributed by atoms with E-state index in [1.807, 2.05) is 0 Å². The van der Waals surface area contributed by atoms with Crippen molar-refractivity contribution < 1.29 is 9.84 Å². The number of hydrogen-bond acceptors (Lipinski definition) is 3. The standard InChI is InChI=1S/C18H29NO2/c1-15-12-16(2)14-18(13-15)21-11-5-8-19(9-10-20)17-6-3-4-7-17/h12-14,17,20H,3-11H2,1-2H3. The smallest absolute Gasteiger partial charge is 0.119 e. The normalized spacial score (nSPS) is 15.8. The maximum absolute atomic E-state index is 9.22. The Balaban J connectivity index is 1.74. The molecular formula is C18H29NO2. The summed E-state index contributed by atoms with van der Waals surface area (Å²) in [5.74, 6) is 0.974. The fourth-order valence-electron chi connectivity index (χ4n) is 3.35. The fourth-order valence-corrected chi connectivity index (χ4v) is 3.35. The van der Waals surface area contributed by atoms with Crippen LogP contribution >= 0.6 is 0 Å². The lowest BCUT2D eigenvalue weighted by molar-refractivity contribution is 0.142. The third kappa shape index (κ3) is 5.33. The molecule has 0 saturated heterocycles. The van der Waals surface area contributed by atoms with E-state index in [-0.39, 0.29) is 6.61 Å². The van der Waals surface area contributed by atoms with Crippen molar-refractivity contribution in [1.29, 1.82) is 0 Å². The summed E-state index contributed by atoms with van der Waals surface area (Å²) in [6.07, 6.45) is 6.27. The van der Waals surface area contributed by atoms with E-state index in [2.05, 4.69) is 36.9 Å². The Morgan fingerprint density at radius 3 is 2.38 bits per heavy atom. The summed E-state index contributed by atoms with van der Waals surface area (Å²) in [6, 6.07) is 7.03. The van der Waals surface area contributed by atoms with Crippen LogP contribution in [0, 0.1) is 13.8 Å². The molecule has 0 aliphatic heterocycles. The Bertz CT molecular complexity index is 407. The Labute approximate surface area is 128 Å². The molecule has 21 heavy (non-hydrogen) atoms. The quantitative estimate of drug-likeness (QED) is 0.746. The second kappa shape index (κ2) is 8.40. The van der Waals surface area contributed by atoms with Gasteiger partial charge in [-0.05, 0) is 56.4 Å². The summed E-state index contributed by atoms with van der Waals surface area (Å²) >= 11 is 0. The minimum absolute atomic E-state index is 0.258. The second-order valence-corrected chi connectivity index (χ2v) is 6.22. The molecule has 1 aromatic rings. The highest BCUT2D eigenvalue weighted by molar-refractivity contribution is 5.32. The first-order valence-corrected chi connectivity index (χ1v) is 8.25. The van der Waals surface area contributed by atoms with Gasteiger partial charge in [-0.1, -0.05) is 18.9 Å². The molecule has 0 atom stereocenters. The summed E-state index contributed by atoms with van der Waals surface area (Å²) in [7, 11) is 0. The molecule has 3 nitrogen and oxygen atoms in total. The van der Waals surface area contributed by atoms with E-state index < -0.39 is 0 Å². The molecular weight excluding hydrogens is 262 g/mol. The molecule has 0 radical (unpaired) electrons. The second-order valence-electron chi connectivity index (χ2n) is 6.22. The molecule has 0 aromatic heterocycles. The van der Waals surface area contributed by atoms with Gasteiger partial charge in [0.15, 0.2) is 0 Å². The van der Waals surface area contributed by atoms with Crippen molar-refractivity contribution in [2.75, 3.05) is 26.3 Å². The topological polar surface area (TPSA) is 32.7 Å². The molecule has 118 valence electrons. The van der Waals surface area contributed by atoms with Crippen LogP contribution in [-0.4, -0.2) is 42.4 Å². The number of nitrogens with zero attached hydrogens (tertiary/aromatic N) is 1. The zero-order valence-electron chi connectivity index (χ0n) is 13.5. The van der Waals surface area contributed by atoms with Crippen LogP contribution in [0.3, 0.4) is 0 Å². The van der Waals surface area contributed by atoms with Gasteiger partial charge < -0.3 is 9.84 Å². The number of rotatable bonds is 8. The van der Waals surface area contributed by atoms with Crippen molar-refractivity contribution in [2.24, 2.45) is 0 Å². The number of hydrogen-bond donors (Lipinski definition) is 1. The van der Waals surface area contributed by atoms with Crippen molar-refractivity contribution in [2.45, 2.75) is 52.0 Å². The molecule has 1 saturated carbocycles. The van der Waals surface area contributed by atoms with Gasteiger partial charge in [0.05, 0.1) is 13.2 Å². The molecule has 1 aromatic carbocycles.